The SMILES string of the molecule is c1ccc2sc(-c3ccc(-c4c5ccccc5c(-c5ccc(-c6nc7ccccc7s6)cc5)c5cnccc45)cc3)nc2c1. The van der Waals surface area contributed by atoms with E-state index in [4.69, 9.17) is 9.97 Å². The van der Waals surface area contributed by atoms with Crippen molar-refractivity contribution in [2.75, 3.05) is 0 Å². The third-order valence-electron chi connectivity index (χ3n) is 8.25. The molecular formula is C39H23N3S2. The minimum Gasteiger partial charge on any atom is -0.264 e. The summed E-state index contributed by atoms with van der Waals surface area (Å²) in [4.78, 5) is 14.3. The van der Waals surface area contributed by atoms with Crippen LogP contribution in [0.2, 0.25) is 0 Å². The molecule has 9 aromatic rings. The van der Waals surface area contributed by atoms with E-state index in [1.807, 2.05) is 24.5 Å². The fourth-order valence-electron chi connectivity index (χ4n) is 6.19. The van der Waals surface area contributed by atoms with Crippen molar-refractivity contribution in [2.24, 2.45) is 0 Å². The van der Waals surface area contributed by atoms with Crippen molar-refractivity contribution in [3.05, 3.63) is 140 Å². The standard InChI is InChI=1S/C39H23N3S2/c1-2-8-29-28(7-1)36(24-13-17-26(18-14-24)38-41-32-9-3-5-11-34(32)43-38)30-21-22-40-23-31(30)37(29)25-15-19-27(20-16-25)39-42-33-10-4-6-12-35(33)44-39/h1-23H. The molecule has 206 valence electrons. The van der Waals surface area contributed by atoms with E-state index in [0.29, 0.717) is 0 Å². The lowest BCUT2D eigenvalue weighted by molar-refractivity contribution is 1.37. The van der Waals surface area contributed by atoms with Crippen LogP contribution in [0.15, 0.2) is 140 Å². The van der Waals surface area contributed by atoms with Gasteiger partial charge in [0, 0.05) is 28.9 Å². The smallest absolute Gasteiger partial charge is 0.124 e. The van der Waals surface area contributed by atoms with Crippen molar-refractivity contribution in [2.45, 2.75) is 0 Å². The zero-order chi connectivity index (χ0) is 29.0. The number of thiazole rings is 2. The lowest BCUT2D eigenvalue weighted by Gasteiger charge is -2.17. The van der Waals surface area contributed by atoms with Gasteiger partial charge in [0.25, 0.3) is 0 Å². The number of hydrogen-bond acceptors (Lipinski definition) is 5. The maximum absolute atomic E-state index is 4.87. The van der Waals surface area contributed by atoms with Crippen molar-refractivity contribution < 1.29 is 0 Å². The monoisotopic (exact) mass is 597 g/mol. The van der Waals surface area contributed by atoms with Crippen LogP contribution >= 0.6 is 22.7 Å². The molecule has 3 heterocycles. The summed E-state index contributed by atoms with van der Waals surface area (Å²) in [5.74, 6) is 0. The molecule has 3 nitrogen and oxygen atoms in total. The highest BCUT2D eigenvalue weighted by Gasteiger charge is 2.17. The van der Waals surface area contributed by atoms with Gasteiger partial charge in [-0.1, -0.05) is 97.1 Å². The summed E-state index contributed by atoms with van der Waals surface area (Å²) in [5.41, 5.74) is 9.13. The van der Waals surface area contributed by atoms with Crippen molar-refractivity contribution in [3.8, 4) is 43.4 Å². The van der Waals surface area contributed by atoms with Crippen LogP contribution < -0.4 is 0 Å². The molecule has 44 heavy (non-hydrogen) atoms. The van der Waals surface area contributed by atoms with Crippen LogP contribution in [-0.2, 0) is 0 Å². The maximum Gasteiger partial charge on any atom is 0.124 e. The second kappa shape index (κ2) is 10.2. The lowest BCUT2D eigenvalue weighted by Crippen LogP contribution is -1.91. The number of pyridine rings is 1. The van der Waals surface area contributed by atoms with E-state index in [-0.39, 0.29) is 0 Å². The predicted molar refractivity (Wildman–Crippen MR) is 187 cm³/mol. The highest BCUT2D eigenvalue weighted by molar-refractivity contribution is 7.22. The number of rotatable bonds is 4. The third kappa shape index (κ3) is 4.13. The van der Waals surface area contributed by atoms with Crippen LogP contribution in [0, 0.1) is 0 Å². The number of hydrogen-bond donors (Lipinski definition) is 0. The summed E-state index contributed by atoms with van der Waals surface area (Å²) < 4.78 is 2.41. The van der Waals surface area contributed by atoms with Gasteiger partial charge >= 0.3 is 0 Å². The first-order chi connectivity index (χ1) is 21.8. The Kier molecular flexibility index (Phi) is 5.86. The molecule has 0 radical (unpaired) electrons. The second-order valence-corrected chi connectivity index (χ2v) is 12.9. The number of nitrogens with zero attached hydrogens (tertiary/aromatic N) is 3. The predicted octanol–water partition coefficient (Wildman–Crippen LogP) is 11.3. The molecule has 0 saturated heterocycles. The average Bonchev–Trinajstić information content (AvgIpc) is 3.72. The summed E-state index contributed by atoms with van der Waals surface area (Å²) in [6.45, 7) is 0. The van der Waals surface area contributed by atoms with Crippen molar-refractivity contribution in [1.82, 2.24) is 15.0 Å². The van der Waals surface area contributed by atoms with Gasteiger partial charge < -0.3 is 0 Å². The fraction of sp³-hybridized carbons (Fsp3) is 0. The largest absolute Gasteiger partial charge is 0.264 e. The van der Waals surface area contributed by atoms with Crippen LogP contribution in [0.3, 0.4) is 0 Å². The number of fused-ring (bicyclic) bond motifs is 4. The van der Waals surface area contributed by atoms with Gasteiger partial charge in [0.2, 0.25) is 0 Å². The molecule has 5 heteroatoms. The number of para-hydroxylation sites is 2. The molecule has 0 amide bonds. The second-order valence-electron chi connectivity index (χ2n) is 10.8. The van der Waals surface area contributed by atoms with Crippen molar-refractivity contribution in [1.29, 1.82) is 0 Å². The molecular weight excluding hydrogens is 575 g/mol. The van der Waals surface area contributed by atoms with Crippen molar-refractivity contribution >= 4 is 64.7 Å². The third-order valence-corrected chi connectivity index (χ3v) is 10.4. The Bertz CT molecular complexity index is 2190. The summed E-state index contributed by atoms with van der Waals surface area (Å²) in [6, 6.07) is 45.2. The minimum atomic E-state index is 1.04. The first-order valence-electron chi connectivity index (χ1n) is 14.5. The summed E-state index contributed by atoms with van der Waals surface area (Å²) in [5, 5.41) is 6.86. The lowest BCUT2D eigenvalue weighted by atomic mass is 9.86. The molecule has 0 fully saturated rings. The Balaban J connectivity index is 1.18. The minimum absolute atomic E-state index is 1.04. The van der Waals surface area contributed by atoms with Gasteiger partial charge in [-0.15, -0.1) is 22.7 Å². The molecule has 0 saturated carbocycles. The zero-order valence-electron chi connectivity index (χ0n) is 23.4. The molecule has 0 N–H and O–H groups in total. The Morgan fingerprint density at radius 3 is 1.34 bits per heavy atom. The first kappa shape index (κ1) is 25.3. The normalized spacial score (nSPS) is 11.6. The molecule has 3 aromatic heterocycles. The van der Waals surface area contributed by atoms with Gasteiger partial charge in [-0.05, 0) is 68.7 Å². The van der Waals surface area contributed by atoms with Crippen molar-refractivity contribution in [3.63, 3.8) is 0 Å². The van der Waals surface area contributed by atoms with Crippen LogP contribution in [0.1, 0.15) is 0 Å². The van der Waals surface area contributed by atoms with Crippen LogP contribution in [0.25, 0.3) is 85.4 Å². The highest BCUT2D eigenvalue weighted by Crippen LogP contribution is 2.44. The maximum atomic E-state index is 4.87. The van der Waals surface area contributed by atoms with Gasteiger partial charge in [0.05, 0.1) is 20.4 Å². The van der Waals surface area contributed by atoms with E-state index in [9.17, 15) is 0 Å². The molecule has 0 spiro atoms. The number of aromatic nitrogens is 3. The van der Waals surface area contributed by atoms with E-state index < -0.39 is 0 Å². The Morgan fingerprint density at radius 2 is 0.818 bits per heavy atom. The van der Waals surface area contributed by atoms with Gasteiger partial charge in [-0.3, -0.25) is 4.98 Å². The van der Waals surface area contributed by atoms with E-state index >= 15 is 0 Å². The molecule has 0 aliphatic carbocycles. The number of benzene rings is 6. The van der Waals surface area contributed by atoms with E-state index in [0.717, 1.165) is 37.6 Å². The summed E-state index contributed by atoms with van der Waals surface area (Å²) in [6.07, 6.45) is 3.91. The summed E-state index contributed by atoms with van der Waals surface area (Å²) >= 11 is 3.47. The van der Waals surface area contributed by atoms with E-state index in [1.54, 1.807) is 22.7 Å². The highest BCUT2D eigenvalue weighted by atomic mass is 32.1. The van der Waals surface area contributed by atoms with Crippen LogP contribution in [0.5, 0.6) is 0 Å². The fourth-order valence-corrected chi connectivity index (χ4v) is 8.14. The molecule has 0 aliphatic heterocycles. The van der Waals surface area contributed by atoms with Gasteiger partial charge in [-0.25, -0.2) is 9.97 Å². The summed E-state index contributed by atoms with van der Waals surface area (Å²) in [7, 11) is 0. The van der Waals surface area contributed by atoms with Gasteiger partial charge in [0.15, 0.2) is 0 Å². The zero-order valence-corrected chi connectivity index (χ0v) is 25.1. The first-order valence-corrected chi connectivity index (χ1v) is 16.1. The molecule has 0 bridgehead atoms. The van der Waals surface area contributed by atoms with E-state index in [1.165, 1.54) is 47.8 Å². The Labute approximate surface area is 261 Å². The molecule has 6 aromatic carbocycles. The quantitative estimate of drug-likeness (QED) is 0.189. The topological polar surface area (TPSA) is 38.7 Å². The molecule has 9 rings (SSSR count). The Morgan fingerprint density at radius 1 is 0.386 bits per heavy atom. The van der Waals surface area contributed by atoms with Gasteiger partial charge in [-0.2, -0.15) is 0 Å². The molecule has 0 atom stereocenters. The average molecular weight is 598 g/mol. The van der Waals surface area contributed by atoms with Gasteiger partial charge in [0.1, 0.15) is 10.0 Å². The van der Waals surface area contributed by atoms with Crippen LogP contribution in [-0.4, -0.2) is 15.0 Å². The van der Waals surface area contributed by atoms with E-state index in [2.05, 4.69) is 120 Å². The molecule has 0 aliphatic rings. The Hall–Kier alpha value is -5.23. The van der Waals surface area contributed by atoms with Crippen LogP contribution in [0.4, 0.5) is 0 Å². The molecule has 0 unspecified atom stereocenters.